The molecule has 1 unspecified atom stereocenters. The summed E-state index contributed by atoms with van der Waals surface area (Å²) in [6.45, 7) is 8.01. The van der Waals surface area contributed by atoms with E-state index in [1.54, 1.807) is 0 Å². The third-order valence-corrected chi connectivity index (χ3v) is 3.75. The second-order valence-electron chi connectivity index (χ2n) is 5.57. The molecule has 0 spiro atoms. The number of hydrogen-bond donors (Lipinski definition) is 1. The Hall–Kier alpha value is -0.330. The minimum atomic E-state index is -4.08. The molecule has 0 saturated carbocycles. The van der Waals surface area contributed by atoms with Gasteiger partial charge in [-0.15, -0.1) is 0 Å². The minimum absolute atomic E-state index is 0.458. The van der Waals surface area contributed by atoms with E-state index < -0.39 is 12.7 Å². The molecule has 6 heteroatoms. The number of hydrogen-bond acceptors (Lipinski definition) is 3. The molecule has 1 fully saturated rings. The van der Waals surface area contributed by atoms with Gasteiger partial charge in [-0.05, 0) is 19.4 Å². The van der Waals surface area contributed by atoms with Crippen molar-refractivity contribution >= 4 is 0 Å². The summed E-state index contributed by atoms with van der Waals surface area (Å²) in [6.07, 6.45) is -0.747. The van der Waals surface area contributed by atoms with Crippen molar-refractivity contribution in [2.45, 2.75) is 45.3 Å². The van der Waals surface area contributed by atoms with E-state index in [2.05, 4.69) is 24.1 Å². The summed E-state index contributed by atoms with van der Waals surface area (Å²) in [7, 11) is 0. The van der Waals surface area contributed by atoms with Gasteiger partial charge in [-0.2, -0.15) is 13.2 Å². The van der Waals surface area contributed by atoms with E-state index in [9.17, 15) is 13.2 Å². The summed E-state index contributed by atoms with van der Waals surface area (Å²) in [5.41, 5.74) is 0. The maximum absolute atomic E-state index is 12.4. The van der Waals surface area contributed by atoms with E-state index in [4.69, 9.17) is 0 Å². The molecule has 1 atom stereocenters. The van der Waals surface area contributed by atoms with Gasteiger partial charge < -0.3 is 5.32 Å². The van der Waals surface area contributed by atoms with Crippen molar-refractivity contribution in [3.05, 3.63) is 0 Å². The van der Waals surface area contributed by atoms with Crippen molar-refractivity contribution < 1.29 is 13.2 Å². The number of rotatable bonds is 8. The van der Waals surface area contributed by atoms with Crippen LogP contribution in [0.2, 0.25) is 0 Å². The predicted octanol–water partition coefficient (Wildman–Crippen LogP) is 2.33. The summed E-state index contributed by atoms with van der Waals surface area (Å²) in [6, 6.07) is 0.458. The third kappa shape index (κ3) is 6.90. The van der Waals surface area contributed by atoms with Gasteiger partial charge in [0.15, 0.2) is 0 Å². The smallest absolute Gasteiger partial charge is 0.315 e. The monoisotopic (exact) mass is 295 g/mol. The number of nitrogens with one attached hydrogen (secondary N) is 1. The lowest BCUT2D eigenvalue weighted by atomic mass is 10.1. The SMILES string of the molecule is CCCNCC(CCC)N1CCN(CC(F)(F)F)CC1. The van der Waals surface area contributed by atoms with Gasteiger partial charge in [0.1, 0.15) is 0 Å². The summed E-state index contributed by atoms with van der Waals surface area (Å²) in [4.78, 5) is 3.86. The third-order valence-electron chi connectivity index (χ3n) is 3.75. The zero-order valence-corrected chi connectivity index (χ0v) is 12.7. The summed E-state index contributed by atoms with van der Waals surface area (Å²) < 4.78 is 37.1. The van der Waals surface area contributed by atoms with Gasteiger partial charge in [0, 0.05) is 38.8 Å². The predicted molar refractivity (Wildman–Crippen MR) is 75.9 cm³/mol. The Morgan fingerprint density at radius 3 is 2.20 bits per heavy atom. The van der Waals surface area contributed by atoms with Crippen LogP contribution in [-0.4, -0.2) is 67.8 Å². The fourth-order valence-corrected chi connectivity index (χ4v) is 2.73. The molecule has 0 aliphatic carbocycles. The lowest BCUT2D eigenvalue weighted by Gasteiger charge is -2.39. The van der Waals surface area contributed by atoms with Crippen LogP contribution in [0, 0.1) is 0 Å². The first-order valence-electron chi connectivity index (χ1n) is 7.70. The molecule has 0 bridgehead atoms. The van der Waals surface area contributed by atoms with Crippen LogP contribution in [0.3, 0.4) is 0 Å². The molecule has 0 amide bonds. The quantitative estimate of drug-likeness (QED) is 0.693. The highest BCUT2D eigenvalue weighted by atomic mass is 19.4. The normalized spacial score (nSPS) is 20.2. The van der Waals surface area contributed by atoms with Crippen LogP contribution in [0.4, 0.5) is 13.2 Å². The molecule has 120 valence electrons. The highest BCUT2D eigenvalue weighted by molar-refractivity contribution is 4.80. The first-order valence-corrected chi connectivity index (χ1v) is 7.70. The van der Waals surface area contributed by atoms with E-state index in [-0.39, 0.29) is 0 Å². The van der Waals surface area contributed by atoms with E-state index in [1.165, 1.54) is 4.90 Å². The Bertz CT molecular complexity index is 251. The molecule has 1 heterocycles. The average Bonchev–Trinajstić information content (AvgIpc) is 2.37. The van der Waals surface area contributed by atoms with Gasteiger partial charge in [0.05, 0.1) is 6.54 Å². The lowest BCUT2D eigenvalue weighted by molar-refractivity contribution is -0.149. The largest absolute Gasteiger partial charge is 0.401 e. The van der Waals surface area contributed by atoms with Crippen LogP contribution in [0.15, 0.2) is 0 Å². The standard InChI is InChI=1S/C14H28F3N3/c1-3-5-13(11-18-6-4-2)20-9-7-19(8-10-20)12-14(15,16)17/h13,18H,3-12H2,1-2H3. The maximum atomic E-state index is 12.4. The molecule has 1 saturated heterocycles. The van der Waals surface area contributed by atoms with Crippen molar-refractivity contribution in [2.24, 2.45) is 0 Å². The van der Waals surface area contributed by atoms with Gasteiger partial charge >= 0.3 is 6.18 Å². The van der Waals surface area contributed by atoms with Crippen molar-refractivity contribution in [1.82, 2.24) is 15.1 Å². The van der Waals surface area contributed by atoms with Gasteiger partial charge in [0.2, 0.25) is 0 Å². The zero-order valence-electron chi connectivity index (χ0n) is 12.7. The molecule has 1 aliphatic heterocycles. The zero-order chi connectivity index (χ0) is 15.0. The Kier molecular flexibility index (Phi) is 7.84. The van der Waals surface area contributed by atoms with Crippen molar-refractivity contribution in [3.63, 3.8) is 0 Å². The molecule has 3 nitrogen and oxygen atoms in total. The van der Waals surface area contributed by atoms with Crippen LogP contribution < -0.4 is 5.32 Å². The second kappa shape index (κ2) is 8.85. The molecule has 1 N–H and O–H groups in total. The topological polar surface area (TPSA) is 18.5 Å². The molecule has 20 heavy (non-hydrogen) atoms. The van der Waals surface area contributed by atoms with Crippen LogP contribution in [-0.2, 0) is 0 Å². The van der Waals surface area contributed by atoms with E-state index in [0.29, 0.717) is 19.1 Å². The van der Waals surface area contributed by atoms with Crippen LogP contribution in [0.25, 0.3) is 0 Å². The molecule has 1 aliphatic rings. The first kappa shape index (κ1) is 17.7. The molecular weight excluding hydrogens is 267 g/mol. The van der Waals surface area contributed by atoms with Gasteiger partial charge in [-0.1, -0.05) is 20.3 Å². The van der Waals surface area contributed by atoms with Crippen LogP contribution in [0.1, 0.15) is 33.1 Å². The molecule has 1 rings (SSSR count). The molecule has 0 radical (unpaired) electrons. The number of halogens is 3. The Labute approximate surface area is 120 Å². The molecule has 0 aromatic heterocycles. The number of alkyl halides is 3. The minimum Gasteiger partial charge on any atom is -0.315 e. The van der Waals surface area contributed by atoms with E-state index in [0.717, 1.165) is 45.4 Å². The average molecular weight is 295 g/mol. The summed E-state index contributed by atoms with van der Waals surface area (Å²) in [5, 5.41) is 3.43. The fourth-order valence-electron chi connectivity index (χ4n) is 2.73. The Morgan fingerprint density at radius 1 is 1.05 bits per heavy atom. The molecule has 0 aromatic rings. The highest BCUT2D eigenvalue weighted by Crippen LogP contribution is 2.18. The van der Waals surface area contributed by atoms with Crippen molar-refractivity contribution in [2.75, 3.05) is 45.8 Å². The van der Waals surface area contributed by atoms with Gasteiger partial charge in [-0.25, -0.2) is 0 Å². The lowest BCUT2D eigenvalue weighted by Crippen LogP contribution is -2.54. The summed E-state index contributed by atoms with van der Waals surface area (Å²) in [5.74, 6) is 0. The summed E-state index contributed by atoms with van der Waals surface area (Å²) >= 11 is 0. The van der Waals surface area contributed by atoms with E-state index in [1.807, 2.05) is 0 Å². The van der Waals surface area contributed by atoms with Gasteiger partial charge in [0.25, 0.3) is 0 Å². The van der Waals surface area contributed by atoms with Crippen molar-refractivity contribution in [3.8, 4) is 0 Å². The van der Waals surface area contributed by atoms with Gasteiger partial charge in [-0.3, -0.25) is 9.80 Å². The van der Waals surface area contributed by atoms with Crippen LogP contribution in [0.5, 0.6) is 0 Å². The number of piperazine rings is 1. The highest BCUT2D eigenvalue weighted by Gasteiger charge is 2.33. The molecular formula is C14H28F3N3. The first-order chi connectivity index (χ1) is 9.46. The maximum Gasteiger partial charge on any atom is 0.401 e. The Balaban J connectivity index is 2.35. The Morgan fingerprint density at radius 2 is 1.70 bits per heavy atom. The second-order valence-corrected chi connectivity index (χ2v) is 5.57. The molecule has 0 aromatic carbocycles. The van der Waals surface area contributed by atoms with E-state index >= 15 is 0 Å². The fraction of sp³-hybridized carbons (Fsp3) is 1.00. The number of nitrogens with zero attached hydrogens (tertiary/aromatic N) is 2. The van der Waals surface area contributed by atoms with Crippen molar-refractivity contribution in [1.29, 1.82) is 0 Å². The van der Waals surface area contributed by atoms with Crippen LogP contribution >= 0.6 is 0 Å².